The minimum absolute atomic E-state index is 0.134. The van der Waals surface area contributed by atoms with Gasteiger partial charge in [0.05, 0.1) is 0 Å². The van der Waals surface area contributed by atoms with Gasteiger partial charge < -0.3 is 4.74 Å². The molecule has 1 rings (SSSR count). The minimum Gasteiger partial charge on any atom is -0.460 e. The summed E-state index contributed by atoms with van der Waals surface area (Å²) in [7, 11) is 0. The van der Waals surface area contributed by atoms with Gasteiger partial charge in [0.1, 0.15) is 18.8 Å². The zero-order valence-electron chi connectivity index (χ0n) is 10.4. The van der Waals surface area contributed by atoms with Crippen LogP contribution in [-0.2, 0) is 20.9 Å². The first-order chi connectivity index (χ1) is 8.58. The van der Waals surface area contributed by atoms with Crippen LogP contribution in [0.3, 0.4) is 0 Å². The predicted octanol–water partition coefficient (Wildman–Crippen LogP) is 2.99. The molecule has 3 heteroatoms. The van der Waals surface area contributed by atoms with Gasteiger partial charge in [-0.05, 0) is 23.6 Å². The van der Waals surface area contributed by atoms with Crippen molar-refractivity contribution < 1.29 is 14.3 Å². The van der Waals surface area contributed by atoms with Gasteiger partial charge in [-0.1, -0.05) is 43.5 Å². The lowest BCUT2D eigenvalue weighted by Crippen LogP contribution is -2.09. The average molecular weight is 244 g/mol. The first-order valence-electron chi connectivity index (χ1n) is 5.60. The van der Waals surface area contributed by atoms with E-state index in [1.807, 2.05) is 18.2 Å². The Bertz CT molecular complexity index is 487. The lowest BCUT2D eigenvalue weighted by molar-refractivity contribution is -0.146. The Hall–Kier alpha value is -2.16. The van der Waals surface area contributed by atoms with Gasteiger partial charge in [-0.15, -0.1) is 0 Å². The molecule has 0 atom stereocenters. The largest absolute Gasteiger partial charge is 0.460 e. The highest BCUT2D eigenvalue weighted by atomic mass is 16.5. The molecule has 0 aliphatic carbocycles. The first kappa shape index (κ1) is 13.9. The van der Waals surface area contributed by atoms with Crippen LogP contribution < -0.4 is 0 Å². The van der Waals surface area contributed by atoms with Crippen molar-refractivity contribution in [3.8, 4) is 0 Å². The molecule has 0 aliphatic rings. The van der Waals surface area contributed by atoms with E-state index in [-0.39, 0.29) is 18.8 Å². The average Bonchev–Trinajstić information content (AvgIpc) is 2.34. The van der Waals surface area contributed by atoms with E-state index in [1.54, 1.807) is 12.2 Å². The second-order valence-electron chi connectivity index (χ2n) is 3.87. The van der Waals surface area contributed by atoms with E-state index < -0.39 is 5.97 Å². The summed E-state index contributed by atoms with van der Waals surface area (Å²) < 4.78 is 5.04. The van der Waals surface area contributed by atoms with Crippen LogP contribution in [0.25, 0.3) is 12.2 Å². The normalized spacial score (nSPS) is 9.61. The van der Waals surface area contributed by atoms with Crippen LogP contribution in [0, 0.1) is 0 Å². The number of esters is 1. The van der Waals surface area contributed by atoms with Crippen molar-refractivity contribution in [2.24, 2.45) is 0 Å². The third-order valence-electron chi connectivity index (χ3n) is 2.44. The molecule has 0 unspecified atom stereocenters. The number of benzene rings is 1. The van der Waals surface area contributed by atoms with Gasteiger partial charge in [-0.3, -0.25) is 9.59 Å². The van der Waals surface area contributed by atoms with E-state index in [9.17, 15) is 9.59 Å². The Morgan fingerprint density at radius 1 is 1.28 bits per heavy atom. The predicted molar refractivity (Wildman–Crippen MR) is 71.7 cm³/mol. The monoisotopic (exact) mass is 244 g/mol. The zero-order valence-corrected chi connectivity index (χ0v) is 10.4. The molecule has 18 heavy (non-hydrogen) atoms. The summed E-state index contributed by atoms with van der Waals surface area (Å²) in [6.07, 6.45) is 3.23. The summed E-state index contributed by atoms with van der Waals surface area (Å²) >= 11 is 0. The molecule has 1 aromatic rings. The van der Waals surface area contributed by atoms with Gasteiger partial charge in [0.15, 0.2) is 0 Å². The number of hydrogen-bond donors (Lipinski definition) is 0. The summed E-state index contributed by atoms with van der Waals surface area (Å²) in [5.74, 6) is -0.717. The Morgan fingerprint density at radius 3 is 2.56 bits per heavy atom. The fraction of sp³-hybridized carbons (Fsp3) is 0.200. The van der Waals surface area contributed by atoms with Crippen molar-refractivity contribution in [3.63, 3.8) is 0 Å². The van der Waals surface area contributed by atoms with E-state index in [1.165, 1.54) is 6.92 Å². The molecule has 0 saturated heterocycles. The van der Waals surface area contributed by atoms with Crippen LogP contribution in [0.4, 0.5) is 0 Å². The van der Waals surface area contributed by atoms with E-state index in [4.69, 9.17) is 4.74 Å². The summed E-state index contributed by atoms with van der Waals surface area (Å²) in [5, 5.41) is 0. The van der Waals surface area contributed by atoms with Gasteiger partial charge in [-0.2, -0.15) is 0 Å². The molecule has 94 valence electrons. The zero-order chi connectivity index (χ0) is 13.5. The van der Waals surface area contributed by atoms with Crippen LogP contribution >= 0.6 is 0 Å². The molecule has 0 fully saturated rings. The van der Waals surface area contributed by atoms with Crippen molar-refractivity contribution in [1.29, 1.82) is 0 Å². The molecule has 0 spiro atoms. The smallest absolute Gasteiger partial charge is 0.313 e. The fourth-order valence-electron chi connectivity index (χ4n) is 1.60. The van der Waals surface area contributed by atoms with Crippen LogP contribution in [0.5, 0.6) is 0 Å². The number of Topliss-reactive ketones (excluding diaryl/α,β-unsaturated/α-hetero) is 1. The molecular weight excluding hydrogens is 228 g/mol. The van der Waals surface area contributed by atoms with E-state index in [0.717, 1.165) is 16.7 Å². The number of ketones is 1. The Balaban J connectivity index is 2.79. The summed E-state index contributed by atoms with van der Waals surface area (Å²) in [4.78, 5) is 22.1. The van der Waals surface area contributed by atoms with Crippen molar-refractivity contribution in [2.75, 3.05) is 0 Å². The molecule has 0 aliphatic heterocycles. The molecule has 0 saturated carbocycles. The third kappa shape index (κ3) is 3.70. The molecule has 0 radical (unpaired) electrons. The summed E-state index contributed by atoms with van der Waals surface area (Å²) in [5.41, 5.74) is 2.67. The van der Waals surface area contributed by atoms with Crippen LogP contribution in [0.1, 0.15) is 30.0 Å². The van der Waals surface area contributed by atoms with Gasteiger partial charge in [0, 0.05) is 0 Å². The van der Waals surface area contributed by atoms with E-state index in [2.05, 4.69) is 13.2 Å². The number of carbonyl (C=O) groups excluding carboxylic acids is 2. The fourth-order valence-corrected chi connectivity index (χ4v) is 1.60. The topological polar surface area (TPSA) is 43.4 Å². The van der Waals surface area contributed by atoms with Crippen molar-refractivity contribution in [1.82, 2.24) is 0 Å². The second-order valence-corrected chi connectivity index (χ2v) is 3.87. The molecule has 1 aromatic carbocycles. The SMILES string of the molecule is C=Cc1cccc(COC(=O)CC(C)=O)c1C=C. The highest BCUT2D eigenvalue weighted by Gasteiger charge is 2.09. The summed E-state index contributed by atoms with van der Waals surface area (Å²) in [6, 6.07) is 5.62. The maximum Gasteiger partial charge on any atom is 0.313 e. The highest BCUT2D eigenvalue weighted by Crippen LogP contribution is 2.18. The van der Waals surface area contributed by atoms with Crippen molar-refractivity contribution >= 4 is 23.9 Å². The molecule has 3 nitrogen and oxygen atoms in total. The molecule has 0 aromatic heterocycles. The van der Waals surface area contributed by atoms with Gasteiger partial charge in [0.25, 0.3) is 0 Å². The van der Waals surface area contributed by atoms with E-state index in [0.29, 0.717) is 0 Å². The molecule has 0 bridgehead atoms. The number of ether oxygens (including phenoxy) is 1. The van der Waals surface area contributed by atoms with Crippen LogP contribution in [0.2, 0.25) is 0 Å². The lowest BCUT2D eigenvalue weighted by atomic mass is 10.0. The number of hydrogen-bond acceptors (Lipinski definition) is 3. The molecule has 0 N–H and O–H groups in total. The quantitative estimate of drug-likeness (QED) is 0.570. The van der Waals surface area contributed by atoms with Crippen molar-refractivity contribution in [2.45, 2.75) is 20.0 Å². The standard InChI is InChI=1S/C15H16O3/c1-4-12-7-6-8-13(14(12)5-2)10-18-15(17)9-11(3)16/h4-8H,1-2,9-10H2,3H3. The van der Waals surface area contributed by atoms with E-state index >= 15 is 0 Å². The second kappa shape index (κ2) is 6.55. The highest BCUT2D eigenvalue weighted by molar-refractivity contribution is 5.94. The van der Waals surface area contributed by atoms with Crippen LogP contribution in [0.15, 0.2) is 31.4 Å². The van der Waals surface area contributed by atoms with Gasteiger partial charge in [0.2, 0.25) is 0 Å². The number of rotatable bonds is 6. The van der Waals surface area contributed by atoms with Crippen molar-refractivity contribution in [3.05, 3.63) is 48.0 Å². The maximum atomic E-state index is 11.3. The summed E-state index contributed by atoms with van der Waals surface area (Å²) in [6.45, 7) is 8.94. The molecule has 0 heterocycles. The van der Waals surface area contributed by atoms with Gasteiger partial charge >= 0.3 is 5.97 Å². The Labute approximate surface area is 107 Å². The van der Waals surface area contributed by atoms with Gasteiger partial charge in [-0.25, -0.2) is 0 Å². The Kier molecular flexibility index (Phi) is 5.06. The molecular formula is C15H16O3. The van der Waals surface area contributed by atoms with Crippen LogP contribution in [-0.4, -0.2) is 11.8 Å². The number of carbonyl (C=O) groups is 2. The Morgan fingerprint density at radius 2 is 2.00 bits per heavy atom. The molecule has 0 amide bonds. The maximum absolute atomic E-state index is 11.3. The first-order valence-corrected chi connectivity index (χ1v) is 5.60. The lowest BCUT2D eigenvalue weighted by Gasteiger charge is -2.09. The minimum atomic E-state index is -0.512. The third-order valence-corrected chi connectivity index (χ3v) is 2.44.